The molecule has 0 saturated heterocycles. The molecule has 0 unspecified atom stereocenters. The number of aromatic nitrogens is 2. The second-order valence-electron chi connectivity index (χ2n) is 3.15. The summed E-state index contributed by atoms with van der Waals surface area (Å²) in [5.41, 5.74) is 0.284. The number of rotatable bonds is 1. The van der Waals surface area contributed by atoms with Crippen molar-refractivity contribution in [2.45, 2.75) is 6.18 Å². The van der Waals surface area contributed by atoms with Gasteiger partial charge in [0.15, 0.2) is 6.33 Å². The maximum atomic E-state index is 12.4. The van der Waals surface area contributed by atoms with Gasteiger partial charge in [-0.25, -0.2) is 9.97 Å². The molecule has 16 heavy (non-hydrogen) atoms. The van der Waals surface area contributed by atoms with E-state index in [1.54, 1.807) is 6.07 Å². The Kier molecular flexibility index (Phi) is 2.60. The quantitative estimate of drug-likeness (QED) is 0.742. The van der Waals surface area contributed by atoms with Crippen LogP contribution in [0.5, 0.6) is 0 Å². The van der Waals surface area contributed by atoms with Gasteiger partial charge in [-0.15, -0.1) is 0 Å². The second kappa shape index (κ2) is 3.92. The molecule has 1 radical (unpaired) electrons. The van der Waals surface area contributed by atoms with Gasteiger partial charge in [0, 0.05) is 18.0 Å². The van der Waals surface area contributed by atoms with Gasteiger partial charge in [0.25, 0.3) is 0 Å². The summed E-state index contributed by atoms with van der Waals surface area (Å²) < 4.78 is 37.3. The lowest BCUT2D eigenvalue weighted by Gasteiger charge is -2.08. The summed E-state index contributed by atoms with van der Waals surface area (Å²) in [6.45, 7) is 0. The maximum absolute atomic E-state index is 12.4. The van der Waals surface area contributed by atoms with Crippen molar-refractivity contribution >= 4 is 0 Å². The van der Waals surface area contributed by atoms with E-state index in [4.69, 9.17) is 0 Å². The van der Waals surface area contributed by atoms with E-state index < -0.39 is 11.7 Å². The van der Waals surface area contributed by atoms with Crippen molar-refractivity contribution in [1.82, 2.24) is 9.97 Å². The molecular weight excluding hydrogens is 217 g/mol. The highest BCUT2D eigenvalue weighted by atomic mass is 19.4. The minimum atomic E-state index is -4.34. The Bertz CT molecular complexity index is 480. The molecule has 0 atom stereocenters. The Morgan fingerprint density at radius 1 is 1.00 bits per heavy atom. The van der Waals surface area contributed by atoms with Crippen LogP contribution < -0.4 is 0 Å². The van der Waals surface area contributed by atoms with Crippen LogP contribution in [0.1, 0.15) is 5.56 Å². The van der Waals surface area contributed by atoms with Gasteiger partial charge in [-0.05, 0) is 17.7 Å². The molecule has 0 fully saturated rings. The molecule has 0 aliphatic rings. The topological polar surface area (TPSA) is 25.8 Å². The fraction of sp³-hybridized carbons (Fsp3) is 0.0909. The Morgan fingerprint density at radius 3 is 2.31 bits per heavy atom. The van der Waals surface area contributed by atoms with Crippen LogP contribution in [0.2, 0.25) is 0 Å². The van der Waals surface area contributed by atoms with Crippen LogP contribution in [0.3, 0.4) is 0 Å². The number of halogens is 3. The van der Waals surface area contributed by atoms with Crippen LogP contribution in [0.25, 0.3) is 11.1 Å². The summed E-state index contributed by atoms with van der Waals surface area (Å²) in [4.78, 5) is 7.27. The van der Waals surface area contributed by atoms with Gasteiger partial charge in [0.1, 0.15) is 0 Å². The molecule has 0 aliphatic heterocycles. The molecule has 5 heteroatoms. The summed E-state index contributed by atoms with van der Waals surface area (Å²) in [7, 11) is 0. The van der Waals surface area contributed by atoms with Gasteiger partial charge < -0.3 is 0 Å². The molecule has 0 saturated carbocycles. The van der Waals surface area contributed by atoms with Crippen molar-refractivity contribution in [3.63, 3.8) is 0 Å². The highest BCUT2D eigenvalue weighted by Crippen LogP contribution is 2.31. The zero-order valence-corrected chi connectivity index (χ0v) is 7.99. The zero-order valence-electron chi connectivity index (χ0n) is 7.99. The molecule has 1 heterocycles. The second-order valence-corrected chi connectivity index (χ2v) is 3.15. The van der Waals surface area contributed by atoms with Crippen LogP contribution in [0.15, 0.2) is 36.7 Å². The number of nitrogens with zero attached hydrogens (tertiary/aromatic N) is 2. The first kappa shape index (κ1) is 10.6. The lowest BCUT2D eigenvalue weighted by molar-refractivity contribution is -0.137. The Morgan fingerprint density at radius 2 is 1.69 bits per heavy atom. The predicted molar refractivity (Wildman–Crippen MR) is 51.3 cm³/mol. The standard InChI is InChI=1S/C11H6F3N2/c12-11(13,14)10-3-1-2-8(4-10)9-5-15-7-16-6-9/h1-6H. The normalized spacial score (nSPS) is 11.4. The molecule has 2 aromatic rings. The van der Waals surface area contributed by atoms with Crippen molar-refractivity contribution in [3.05, 3.63) is 48.5 Å². The molecule has 1 aromatic carbocycles. The first-order chi connectivity index (χ1) is 7.57. The van der Waals surface area contributed by atoms with Crippen LogP contribution in [-0.2, 0) is 6.18 Å². The van der Waals surface area contributed by atoms with Gasteiger partial charge in [-0.3, -0.25) is 0 Å². The van der Waals surface area contributed by atoms with E-state index in [9.17, 15) is 13.2 Å². The molecule has 0 aliphatic carbocycles. The lowest BCUT2D eigenvalue weighted by atomic mass is 10.1. The van der Waals surface area contributed by atoms with E-state index in [0.717, 1.165) is 12.1 Å². The minimum Gasteiger partial charge on any atom is -0.233 e. The molecular formula is C11H6F3N2. The van der Waals surface area contributed by atoms with Crippen LogP contribution in [-0.4, -0.2) is 9.97 Å². The van der Waals surface area contributed by atoms with Crippen LogP contribution in [0.4, 0.5) is 13.2 Å². The average molecular weight is 223 g/mol. The molecule has 0 N–H and O–H groups in total. The number of hydrogen-bond donors (Lipinski definition) is 0. The van der Waals surface area contributed by atoms with Crippen molar-refractivity contribution in [3.8, 4) is 11.1 Å². The van der Waals surface area contributed by atoms with E-state index in [2.05, 4.69) is 16.3 Å². The first-order valence-corrected chi connectivity index (χ1v) is 4.43. The highest BCUT2D eigenvalue weighted by Gasteiger charge is 2.30. The summed E-state index contributed by atoms with van der Waals surface area (Å²) in [5, 5.41) is 0. The Balaban J connectivity index is 2.45. The van der Waals surface area contributed by atoms with Gasteiger partial charge in [-0.1, -0.05) is 12.1 Å². The van der Waals surface area contributed by atoms with Crippen molar-refractivity contribution < 1.29 is 13.2 Å². The van der Waals surface area contributed by atoms with Gasteiger partial charge in [0.2, 0.25) is 0 Å². The smallest absolute Gasteiger partial charge is 0.233 e. The molecule has 2 nitrogen and oxygen atoms in total. The van der Waals surface area contributed by atoms with E-state index in [1.807, 2.05) is 0 Å². The molecule has 0 bridgehead atoms. The van der Waals surface area contributed by atoms with E-state index in [0.29, 0.717) is 11.1 Å². The molecule has 1 aromatic heterocycles. The molecule has 0 spiro atoms. The van der Waals surface area contributed by atoms with Crippen molar-refractivity contribution in [1.29, 1.82) is 0 Å². The fourth-order valence-corrected chi connectivity index (χ4v) is 1.29. The largest absolute Gasteiger partial charge is 0.416 e. The molecule has 2 rings (SSSR count). The summed E-state index contributed by atoms with van der Waals surface area (Å²) in [5.74, 6) is 0. The maximum Gasteiger partial charge on any atom is 0.416 e. The monoisotopic (exact) mass is 223 g/mol. The van der Waals surface area contributed by atoms with Crippen LogP contribution >= 0.6 is 0 Å². The lowest BCUT2D eigenvalue weighted by Crippen LogP contribution is -2.04. The first-order valence-electron chi connectivity index (χ1n) is 4.43. The average Bonchev–Trinajstić information content (AvgIpc) is 2.29. The van der Waals surface area contributed by atoms with Gasteiger partial charge >= 0.3 is 6.18 Å². The molecule has 81 valence electrons. The minimum absolute atomic E-state index is 0.434. The Hall–Kier alpha value is -1.91. The molecule has 0 amide bonds. The van der Waals surface area contributed by atoms with Crippen molar-refractivity contribution in [2.75, 3.05) is 0 Å². The van der Waals surface area contributed by atoms with E-state index in [1.165, 1.54) is 18.5 Å². The van der Waals surface area contributed by atoms with Gasteiger partial charge in [-0.2, -0.15) is 13.2 Å². The summed E-state index contributed by atoms with van der Waals surface area (Å²) in [6, 6.07) is 5.03. The third kappa shape index (κ3) is 2.18. The predicted octanol–water partition coefficient (Wildman–Crippen LogP) is 2.96. The highest BCUT2D eigenvalue weighted by molar-refractivity contribution is 5.62. The SMILES string of the molecule is FC(F)(F)c1cccc(-c2cn[c]nc2)c1. The third-order valence-electron chi connectivity index (χ3n) is 2.05. The number of alkyl halides is 3. The third-order valence-corrected chi connectivity index (χ3v) is 2.05. The number of benzene rings is 1. The van der Waals surface area contributed by atoms with E-state index >= 15 is 0 Å². The Labute approximate surface area is 89.8 Å². The summed E-state index contributed by atoms with van der Waals surface area (Å²) in [6.07, 6.45) is 0.828. The zero-order chi connectivity index (χ0) is 11.6. The number of hydrogen-bond acceptors (Lipinski definition) is 2. The van der Waals surface area contributed by atoms with Gasteiger partial charge in [0.05, 0.1) is 5.56 Å². The summed E-state index contributed by atoms with van der Waals surface area (Å²) >= 11 is 0. The fourth-order valence-electron chi connectivity index (χ4n) is 1.29. The van der Waals surface area contributed by atoms with E-state index in [-0.39, 0.29) is 0 Å². The van der Waals surface area contributed by atoms with Crippen LogP contribution in [0, 0.1) is 6.33 Å². The van der Waals surface area contributed by atoms with Crippen molar-refractivity contribution in [2.24, 2.45) is 0 Å².